The highest BCUT2D eigenvalue weighted by Crippen LogP contribution is 2.34. The largest absolute Gasteiger partial charge is 0.338 e. The molecule has 135 heavy (non-hydrogen) atoms. The van der Waals surface area contributed by atoms with Crippen LogP contribution in [0.2, 0.25) is 0 Å². The average Bonchev–Trinajstić information content (AvgIpc) is 0.791. The lowest BCUT2D eigenvalue weighted by molar-refractivity contribution is 0.311. The van der Waals surface area contributed by atoms with Crippen LogP contribution in [0.3, 0.4) is 0 Å². The fourth-order valence-corrected chi connectivity index (χ4v) is 19.4. The van der Waals surface area contributed by atoms with Crippen molar-refractivity contribution in [2.75, 3.05) is 398 Å². The zero-order chi connectivity index (χ0) is 91.5. The van der Waals surface area contributed by atoms with Crippen molar-refractivity contribution in [3.05, 3.63) is 52.9 Å². The molecule has 11 fully saturated rings. The Morgan fingerprint density at radius 3 is 0.341 bits per heavy atom. The maximum atomic E-state index is 5.50. The van der Waals surface area contributed by atoms with E-state index in [0.29, 0.717) is 433 Å². The molecule has 0 spiro atoms. The fourth-order valence-electron chi connectivity index (χ4n) is 19.4. The van der Waals surface area contributed by atoms with Gasteiger partial charge in [0.15, 0.2) is 0 Å². The number of nitrogens with zero attached hydrogens (tertiary/aromatic N) is 52. The topological polar surface area (TPSA) is 458 Å². The molecule has 52 heteroatoms. The molecule has 31 heterocycles. The molecule has 0 radical (unpaired) electrons. The highest BCUT2D eigenvalue weighted by atomic mass is 15.5. The molecule has 24 bridgehead atoms. The summed E-state index contributed by atoms with van der Waals surface area (Å²) in [4.78, 5) is 201. The monoisotopic (exact) mass is 1840 g/mol. The van der Waals surface area contributed by atoms with Gasteiger partial charge in [0.25, 0.3) is 0 Å². The van der Waals surface area contributed by atoms with Gasteiger partial charge >= 0.3 is 0 Å². The van der Waals surface area contributed by atoms with E-state index in [1.807, 2.05) is 55.4 Å². The number of anilines is 21. The van der Waals surface area contributed by atoms with E-state index in [4.69, 9.17) is 135 Å². The third-order valence-corrected chi connectivity index (χ3v) is 27.2. The smallest absolute Gasteiger partial charge is 0.232 e. The van der Waals surface area contributed by atoms with Crippen molar-refractivity contribution in [3.63, 3.8) is 0 Å². The Morgan fingerprint density at radius 2 is 0.207 bits per heavy atom. The van der Waals surface area contributed by atoms with Gasteiger partial charge in [-0.1, -0.05) is 0 Å². The zero-order valence-electron chi connectivity index (χ0n) is 78.4. The molecule has 0 atom stereocenters. The summed E-state index contributed by atoms with van der Waals surface area (Å²) in [6, 6.07) is 0. The van der Waals surface area contributed by atoms with E-state index in [1.54, 1.807) is 6.33 Å². The van der Waals surface area contributed by atoms with Crippen molar-refractivity contribution in [1.29, 1.82) is 0 Å². The van der Waals surface area contributed by atoms with Crippen molar-refractivity contribution in [2.45, 2.75) is 55.4 Å². The van der Waals surface area contributed by atoms with Crippen molar-refractivity contribution in [2.24, 2.45) is 0 Å². The third-order valence-electron chi connectivity index (χ3n) is 27.2. The quantitative estimate of drug-likeness (QED) is 0.142. The number of piperazine rings is 11. The van der Waals surface area contributed by atoms with Crippen LogP contribution in [0.25, 0.3) is 0 Å². The molecule has 708 valence electrons. The van der Waals surface area contributed by atoms with Gasteiger partial charge in [-0.3, -0.25) is 0 Å². The van der Waals surface area contributed by atoms with Crippen LogP contribution in [0.4, 0.5) is 125 Å². The normalized spacial score (nSPS) is 19.7. The molecule has 0 aromatic carbocycles. The Kier molecular flexibility index (Phi) is 23.7. The maximum absolute atomic E-state index is 5.50. The van der Waals surface area contributed by atoms with Crippen LogP contribution in [-0.4, -0.2) is 449 Å². The van der Waals surface area contributed by atoms with E-state index < -0.39 is 0 Å². The van der Waals surface area contributed by atoms with E-state index in [9.17, 15) is 0 Å². The van der Waals surface area contributed by atoms with E-state index in [0.717, 1.165) is 26.2 Å². The highest BCUT2D eigenvalue weighted by molar-refractivity contribution is 5.58. The Labute approximate surface area is 782 Å². The van der Waals surface area contributed by atoms with Crippen LogP contribution in [0.1, 0.15) is 46.6 Å². The van der Waals surface area contributed by atoms with Crippen LogP contribution in [0.15, 0.2) is 6.33 Å². The summed E-state index contributed by atoms with van der Waals surface area (Å²) in [7, 11) is 2.17. The molecule has 10 aromatic heterocycles. The molecule has 10 aromatic rings. The molecule has 0 saturated carbocycles. The molecule has 21 aliphatic rings. The molecule has 0 amide bonds. The zero-order valence-corrected chi connectivity index (χ0v) is 78.4. The number of aryl methyl sites for hydroxylation is 8. The average molecular weight is 1840 g/mol. The van der Waals surface area contributed by atoms with Crippen molar-refractivity contribution >= 4 is 125 Å². The van der Waals surface area contributed by atoms with Crippen molar-refractivity contribution in [3.8, 4) is 0 Å². The number of likely N-dealkylation sites (N-methyl/N-ethyl adjacent to an activating group) is 1. The summed E-state index contributed by atoms with van der Waals surface area (Å²) >= 11 is 0. The first-order valence-corrected chi connectivity index (χ1v) is 47.5. The van der Waals surface area contributed by atoms with Gasteiger partial charge in [0.1, 0.15) is 52.9 Å². The molecule has 11 saturated heterocycles. The Bertz CT molecular complexity index is 5710. The van der Waals surface area contributed by atoms with Crippen molar-refractivity contribution < 1.29 is 0 Å². The van der Waals surface area contributed by atoms with Crippen LogP contribution >= 0.6 is 0 Å². The third kappa shape index (κ3) is 18.8. The predicted molar refractivity (Wildman–Crippen MR) is 510 cm³/mol. The van der Waals surface area contributed by atoms with Gasteiger partial charge in [-0.15, -0.1) is 0 Å². The Morgan fingerprint density at radius 1 is 0.119 bits per heavy atom. The molecular weight excluding hydrogens is 1730 g/mol. The summed E-state index contributed by atoms with van der Waals surface area (Å²) in [5.74, 6) is 19.1. The van der Waals surface area contributed by atoms with Gasteiger partial charge in [-0.25, -0.2) is 24.9 Å². The lowest BCUT2D eigenvalue weighted by atomic mass is 10.3. The van der Waals surface area contributed by atoms with Crippen LogP contribution in [0, 0.1) is 55.4 Å². The lowest BCUT2D eigenvalue weighted by Gasteiger charge is -2.40. The summed E-state index contributed by atoms with van der Waals surface area (Å²) in [5, 5.41) is 0. The molecule has 31 rings (SSSR count). The first-order valence-electron chi connectivity index (χ1n) is 47.5. The minimum atomic E-state index is 0.579. The molecule has 21 aliphatic heterocycles. The van der Waals surface area contributed by atoms with Gasteiger partial charge < -0.3 is 108 Å². The first kappa shape index (κ1) is 86.3. The van der Waals surface area contributed by atoms with Crippen LogP contribution in [-0.2, 0) is 0 Å². The van der Waals surface area contributed by atoms with E-state index >= 15 is 0 Å². The molecule has 0 aliphatic carbocycles. The predicted octanol–water partition coefficient (Wildman–Crippen LogP) is -2.66. The number of aromatic nitrogens is 30. The molecular formula is C83H116N52. The highest BCUT2D eigenvalue weighted by Gasteiger charge is 2.38. The fraction of sp³-hybridized carbons (Fsp3) is 0.639. The Hall–Kier alpha value is -14.1. The van der Waals surface area contributed by atoms with E-state index in [1.165, 1.54) is 0 Å². The van der Waals surface area contributed by atoms with Gasteiger partial charge in [0.05, 0.1) is 0 Å². The van der Waals surface area contributed by atoms with E-state index in [2.05, 4.69) is 130 Å². The van der Waals surface area contributed by atoms with E-state index in [-0.39, 0.29) is 0 Å². The van der Waals surface area contributed by atoms with Crippen molar-refractivity contribution in [1.82, 2.24) is 154 Å². The second kappa shape index (κ2) is 37.0. The number of rotatable bonds is 9. The van der Waals surface area contributed by atoms with Gasteiger partial charge in [-0.05, 0) is 62.4 Å². The van der Waals surface area contributed by atoms with Gasteiger partial charge in [0.2, 0.25) is 125 Å². The minimum Gasteiger partial charge on any atom is -0.338 e. The summed E-state index contributed by atoms with van der Waals surface area (Å²) in [6.45, 7) is 44.5. The maximum Gasteiger partial charge on any atom is 0.232 e. The summed E-state index contributed by atoms with van der Waals surface area (Å²) in [5.41, 5.74) is 0. The summed E-state index contributed by atoms with van der Waals surface area (Å²) in [6.07, 6.45) is 1.63. The standard InChI is InChI=1S/C83H116N52/c1-55-86-56(2)90-65(89-55)118-22-32-125(33-23-118)75-105-76(126-34-24-119(25-35-126)66-91-57(3)87-58(4)92-66)108-79(107-75)132-46-50-134(51-47-132)82-111-81-112-83(113-82)135-52-48-133(49-53-135)80-109-77(127-36-26-120(27-37-127)67-93-59(5)88-60(6)94-67)106-78(110-80)129-40-30-124(31-41-129)71-98-62(8)96-69(101-71)122-20-16-116(17-21-122)64-85-54-84-63(99-64)115-14-18-121(19-15-115)68-95-61(7)97-70(100-68)123-28-38-128(39-29-123)73-102-72(117-12-10-114(9)11-13-117)103-74(104-73)130-42-44-131(81)45-43-130/h54H,10-53H2,1-9H3. The summed E-state index contributed by atoms with van der Waals surface area (Å²) < 4.78 is 0. The first-order chi connectivity index (χ1) is 65.8. The molecule has 52 nitrogen and oxygen atoms in total. The van der Waals surface area contributed by atoms with Gasteiger partial charge in [0, 0.05) is 288 Å². The van der Waals surface area contributed by atoms with Gasteiger partial charge in [-0.2, -0.15) is 125 Å². The second-order valence-corrected chi connectivity index (χ2v) is 36.2. The molecule has 0 N–H and O–H groups in total. The minimum absolute atomic E-state index is 0.579. The number of hydrogen-bond acceptors (Lipinski definition) is 52. The molecule has 0 unspecified atom stereocenters. The van der Waals surface area contributed by atoms with Crippen LogP contribution < -0.4 is 103 Å². The Balaban J connectivity index is 0.564. The SMILES string of the molecule is Cc1nc(C)nc(N2CCN(c3nc(N4CCN(c5nc(C)nc(C)n5)CC4)nc(N4CCN(c5nc6nc(n5)N5CCN(CC5)c5nc(N7CCN(c8nc(C)nc(C)n8)CC7)nc(n5)N5CCN(CC5)c5nc(C)nc(n5)N5CCN(CC5)c5ncnc(n5)N5CCN(CC5)c5nc(C)nc(n5)N5CCN(CC5)c5nc(N7CCN(C)CC7)nc(n5)N5CCN6CC5)CC4)n3)CC2)n1. The second-order valence-electron chi connectivity index (χ2n) is 36.2. The number of hydrogen-bond donors (Lipinski definition) is 0. The lowest BCUT2D eigenvalue weighted by Crippen LogP contribution is -2.51. The van der Waals surface area contributed by atoms with Crippen LogP contribution in [0.5, 0.6) is 0 Å².